The zero-order valence-electron chi connectivity index (χ0n) is 84.4. The van der Waals surface area contributed by atoms with Crippen LogP contribution in [0, 0.1) is 17.8 Å². The monoisotopic (exact) mass is 2130 g/mol. The Morgan fingerprint density at radius 1 is 0.376 bits per heavy atom. The number of aliphatic carboxylic acids is 5. The first kappa shape index (κ1) is 130. The first-order chi connectivity index (χ1) is 69.8. The number of fused-ring (bicyclic) bond motifs is 1. The number of benzene rings is 1. The lowest BCUT2D eigenvalue weighted by Crippen LogP contribution is -2.62. The van der Waals surface area contributed by atoms with Gasteiger partial charge in [-0.25, -0.2) is 4.79 Å². The van der Waals surface area contributed by atoms with Gasteiger partial charge in [0.15, 0.2) is 0 Å². The van der Waals surface area contributed by atoms with Gasteiger partial charge in [0.2, 0.25) is 124 Å². The summed E-state index contributed by atoms with van der Waals surface area (Å²) in [5, 5.41) is 112. The summed E-state index contributed by atoms with van der Waals surface area (Å²) in [7, 11) is 0. The molecule has 58 nitrogen and oxygen atoms in total. The predicted octanol–water partition coefficient (Wildman–Crippen LogP) is -11.2. The third kappa shape index (κ3) is 48.1. The Morgan fingerprint density at radius 2 is 0.738 bits per heavy atom. The maximum Gasteiger partial charge on any atom is 0.326 e. The Labute approximate surface area is 859 Å². The molecule has 149 heavy (non-hydrogen) atoms. The van der Waals surface area contributed by atoms with Crippen LogP contribution in [-0.4, -0.2) is 354 Å². The Morgan fingerprint density at radius 3 is 1.17 bits per heavy atom. The van der Waals surface area contributed by atoms with Crippen molar-refractivity contribution in [3.8, 4) is 0 Å². The summed E-state index contributed by atoms with van der Waals surface area (Å²) in [4.78, 5) is 351. The topological polar surface area (TPSA) is 960 Å². The van der Waals surface area contributed by atoms with Gasteiger partial charge in [0.1, 0.15) is 109 Å². The number of carboxylic acids is 5. The second kappa shape index (κ2) is 66.4. The number of H-pyrrole nitrogens is 1. The van der Waals surface area contributed by atoms with Crippen molar-refractivity contribution in [1.82, 2.24) is 106 Å². The zero-order valence-corrected chi connectivity index (χ0v) is 85.2. The first-order valence-electron chi connectivity index (χ1n) is 47.7. The summed E-state index contributed by atoms with van der Waals surface area (Å²) in [6.07, 6.45) is -5.53. The largest absolute Gasteiger partial charge is 0.481 e. The first-order valence-corrected chi connectivity index (χ1v) is 49.1. The Bertz CT molecular complexity index is 5020. The summed E-state index contributed by atoms with van der Waals surface area (Å²) in [6, 6.07) is -24.6. The molecular formula is C90H143N25O33S. The van der Waals surface area contributed by atoms with Crippen molar-refractivity contribution in [2.45, 2.75) is 293 Å². The van der Waals surface area contributed by atoms with Crippen LogP contribution in [0.25, 0.3) is 10.9 Å². The summed E-state index contributed by atoms with van der Waals surface area (Å²) in [5.41, 5.74) is 29.1. The molecule has 0 fully saturated rings. The van der Waals surface area contributed by atoms with Gasteiger partial charge in [-0.3, -0.25) is 120 Å². The number of aromatic amines is 1. The van der Waals surface area contributed by atoms with Crippen molar-refractivity contribution >= 4 is 177 Å². The van der Waals surface area contributed by atoms with E-state index in [1.165, 1.54) is 27.0 Å². The molecule has 0 spiro atoms. The molecule has 1 aromatic carbocycles. The molecule has 2 rings (SSSR count). The number of unbranched alkanes of at least 4 members (excludes halogenated alkanes) is 2. The zero-order chi connectivity index (χ0) is 113. The van der Waals surface area contributed by atoms with Gasteiger partial charge in [0.25, 0.3) is 0 Å². The molecule has 0 radical (unpaired) electrons. The number of carboxylic acid groups (broad SMARTS) is 5. The maximum atomic E-state index is 14.9. The van der Waals surface area contributed by atoms with Crippen LogP contribution in [0.4, 0.5) is 0 Å². The smallest absolute Gasteiger partial charge is 0.326 e. The number of thioether (sulfide) groups is 1. The lowest BCUT2D eigenvalue weighted by Gasteiger charge is -2.28. The molecule has 0 unspecified atom stereocenters. The highest BCUT2D eigenvalue weighted by atomic mass is 32.2. The minimum absolute atomic E-state index is 0.0746. The van der Waals surface area contributed by atoms with E-state index in [0.717, 1.165) is 32.5 Å². The minimum Gasteiger partial charge on any atom is -0.481 e. The number of hydrogen-bond acceptors (Lipinski definition) is 32. The molecule has 832 valence electrons. The molecule has 59 heteroatoms. The van der Waals surface area contributed by atoms with Crippen LogP contribution in [0.1, 0.15) is 178 Å². The summed E-state index contributed by atoms with van der Waals surface area (Å²) >= 11 is 1.16. The number of aliphatic hydroxyl groups is 2. The quantitative estimate of drug-likeness (QED) is 0.0274. The fraction of sp³-hybridized carbons (Fsp3) is 0.622. The van der Waals surface area contributed by atoms with Crippen molar-refractivity contribution < 1.29 is 160 Å². The molecule has 20 atom stereocenters. The number of rotatable bonds is 72. The van der Waals surface area contributed by atoms with Crippen LogP contribution in [-0.2, 0) is 131 Å². The summed E-state index contributed by atoms with van der Waals surface area (Å²) < 4.78 is 0. The molecule has 0 aliphatic carbocycles. The molecule has 0 saturated heterocycles. The van der Waals surface area contributed by atoms with Crippen molar-refractivity contribution in [2.24, 2.45) is 46.4 Å². The van der Waals surface area contributed by atoms with Gasteiger partial charge in [0, 0.05) is 29.9 Å². The average molecular weight is 2140 g/mol. The maximum absolute atomic E-state index is 14.9. The number of carbonyl (C=O) groups is 26. The normalized spacial score (nSPS) is 15.2. The van der Waals surface area contributed by atoms with Crippen LogP contribution in [0.5, 0.6) is 0 Å². The van der Waals surface area contributed by atoms with E-state index < -0.39 is 352 Å². The van der Waals surface area contributed by atoms with Crippen LogP contribution >= 0.6 is 11.8 Å². The van der Waals surface area contributed by atoms with E-state index in [2.05, 4.69) is 95.4 Å². The van der Waals surface area contributed by atoms with Gasteiger partial charge < -0.3 is 170 Å². The predicted molar refractivity (Wildman–Crippen MR) is 526 cm³/mol. The van der Waals surface area contributed by atoms with Gasteiger partial charge in [-0.05, 0) is 140 Å². The number of nitrogens with two attached hydrogens (primary N) is 5. The van der Waals surface area contributed by atoms with Gasteiger partial charge >= 0.3 is 29.8 Å². The standard InChI is InChI=1S/C90H143N25O33S/c1-12-42(6)71(114-76(133)49(93)39-116)87(144)98-38-65(121)103-59(33-67(124)125)86(143)113-70(41(4)5)88(145)100-45(9)74(131)104-51(21-15-17-26-91)78(135)105-52(22-16-18-27-92)79(136)108-55(29-40(2)3)77(134)97-37-64(120)102-53(23-24-66(122)123)80(137)106-54(25-28-149-11)81(138)109-56(30-47-36-96-50-20-14-13-19-48(47)50)82(139)110-57(31-62(94)118)83(140)111-58(32-63(95)119)85(142)115-72(46(10)117)89(146)101-43(7)73(130)99-44(8)75(132)107-60(34-68(126)127)84(141)112-61(90(147)148)35-69(128)129/h13-14,19-20,36,40-46,49,51-61,70-72,96,116-117H,12,15-18,21-35,37-39,91-93H2,1-11H3,(H2,94,118)(H2,95,119)(H,97,134)(H,98,144)(H,99,130)(H,100,145)(H,101,146)(H,102,120)(H,103,121)(H,104,131)(H,105,135)(H,106,137)(H,107,132)(H,108,136)(H,109,138)(H,110,139)(H,111,140)(H,112,141)(H,113,143)(H,114,133)(H,115,142)(H,122,123)(H,124,125)(H,126,127)(H,128,129)(H,147,148)/t42-,43-,44-,45-,46+,49-,51-,52-,53-,54-,55-,56-,57-,58-,59-,60-,61-,70-,71-,72-/m0/s1. The van der Waals surface area contributed by atoms with E-state index >= 15 is 0 Å². The molecule has 1 heterocycles. The second-order valence-electron chi connectivity index (χ2n) is 36.0. The van der Waals surface area contributed by atoms with Crippen LogP contribution in [0.3, 0.4) is 0 Å². The van der Waals surface area contributed by atoms with Crippen LogP contribution < -0.4 is 130 Å². The van der Waals surface area contributed by atoms with Crippen LogP contribution in [0.2, 0.25) is 0 Å². The third-order valence-electron chi connectivity index (χ3n) is 22.6. The highest BCUT2D eigenvalue weighted by Gasteiger charge is 2.42. The van der Waals surface area contributed by atoms with E-state index in [9.17, 15) is 155 Å². The Kier molecular flexibility index (Phi) is 58.0. The van der Waals surface area contributed by atoms with Crippen molar-refractivity contribution in [1.29, 1.82) is 0 Å². The van der Waals surface area contributed by atoms with Gasteiger partial charge in [0.05, 0.1) is 57.9 Å². The molecule has 1 aromatic heterocycles. The number of aliphatic hydroxyl groups excluding tert-OH is 2. The fourth-order valence-electron chi connectivity index (χ4n) is 14.2. The highest BCUT2D eigenvalue weighted by Crippen LogP contribution is 2.21. The molecule has 0 aliphatic rings. The van der Waals surface area contributed by atoms with Crippen molar-refractivity contribution in [2.75, 3.05) is 44.8 Å². The van der Waals surface area contributed by atoms with E-state index in [1.54, 1.807) is 63.5 Å². The van der Waals surface area contributed by atoms with Crippen molar-refractivity contribution in [3.05, 3.63) is 36.0 Å². The number of amides is 21. The number of para-hydroxylation sites is 1. The lowest BCUT2D eigenvalue weighted by atomic mass is 9.98. The Balaban J connectivity index is 2.48. The van der Waals surface area contributed by atoms with E-state index in [4.69, 9.17) is 33.8 Å². The minimum atomic E-state index is -2.16. The average Bonchev–Trinajstić information content (AvgIpc) is 1.69. The molecular weight excluding hydrogens is 1990 g/mol. The summed E-state index contributed by atoms with van der Waals surface area (Å²) in [5.74, 6) is -34.2. The molecule has 2 aromatic rings. The highest BCUT2D eigenvalue weighted by molar-refractivity contribution is 7.98. The van der Waals surface area contributed by atoms with Gasteiger partial charge in [-0.15, -0.1) is 0 Å². The second-order valence-corrected chi connectivity index (χ2v) is 37.0. The molecule has 37 N–H and O–H groups in total. The van der Waals surface area contributed by atoms with Crippen molar-refractivity contribution in [3.63, 3.8) is 0 Å². The number of nitrogens with one attached hydrogen (secondary N) is 20. The molecule has 0 aliphatic heterocycles. The molecule has 0 saturated carbocycles. The number of primary amides is 2. The molecule has 21 amide bonds. The van der Waals surface area contributed by atoms with E-state index in [-0.39, 0.29) is 63.3 Å². The lowest BCUT2D eigenvalue weighted by molar-refractivity contribution is -0.148. The van der Waals surface area contributed by atoms with Gasteiger partial charge in [-0.2, -0.15) is 11.8 Å². The van der Waals surface area contributed by atoms with Crippen LogP contribution in [0.15, 0.2) is 30.5 Å². The molecule has 0 bridgehead atoms. The number of aromatic nitrogens is 1. The SMILES string of the molecule is CC[C@H](C)[C@H](NC(=O)[C@@H](N)CO)C(=O)NCC(=O)N[C@@H](CC(=O)O)C(=O)N[C@H](C(=O)N[C@@H](C)C(=O)N[C@@H](CCCCN)C(=O)N[C@@H](CCCCN)C(=O)N[C@@H](CC(C)C)C(=O)NCC(=O)N[C@@H](CCC(=O)O)C(=O)N[C@@H](CCSC)C(=O)N[C@@H](Cc1c[nH]c2ccccc12)C(=O)N[C@@H](CC(N)=O)C(=O)N[C@@H](CC(N)=O)C(=O)N[C@H](C(=O)N[C@@H](C)C(=O)N[C@@H](C)C(=O)N[C@@H](CC(=O)O)C(=O)N[C@@H](CC(=O)O)C(=O)O)[C@@H](C)O)C(C)C. The third-order valence-corrected chi connectivity index (χ3v) is 23.3. The number of carbonyl (C=O) groups excluding carboxylic acids is 21. The van der Waals surface area contributed by atoms with E-state index in [0.29, 0.717) is 35.7 Å². The van der Waals surface area contributed by atoms with Gasteiger partial charge in [-0.1, -0.05) is 66.2 Å². The summed E-state index contributed by atoms with van der Waals surface area (Å²) in [6.45, 7) is 11.6. The van der Waals surface area contributed by atoms with E-state index in [1.807, 2.05) is 5.32 Å². The number of hydrogen-bond donors (Lipinski definition) is 32. The fourth-order valence-corrected chi connectivity index (χ4v) is 14.6. The Hall–Kier alpha value is -14.9.